The van der Waals surface area contributed by atoms with Crippen LogP contribution in [0.15, 0.2) is 42.5 Å². The minimum absolute atomic E-state index is 0.143. The summed E-state index contributed by atoms with van der Waals surface area (Å²) >= 11 is 0. The molecule has 2 heterocycles. The van der Waals surface area contributed by atoms with Crippen molar-refractivity contribution in [2.45, 2.75) is 19.8 Å². The Kier molecular flexibility index (Phi) is 3.19. The zero-order valence-corrected chi connectivity index (χ0v) is 17.1. The van der Waals surface area contributed by atoms with E-state index in [0.29, 0.717) is 11.4 Å². The summed E-state index contributed by atoms with van der Waals surface area (Å²) in [5.74, 6) is -1.13. The number of benzene rings is 1. The van der Waals surface area contributed by atoms with Crippen LogP contribution in [0, 0.1) is 54.3 Å². The molecule has 2 aliphatic heterocycles. The molecule has 8 unspecified atom stereocenters. The Hall–Kier alpha value is -3.02. The SMILES string of the molecule is Cc1cc(N2C(=O)C3C4C=CC(C4)C3C2=O)cc(N2C(=O)C3C4C=CC(C4)C3C2=O)c1. The van der Waals surface area contributed by atoms with Crippen molar-refractivity contribution in [1.82, 2.24) is 0 Å². The maximum absolute atomic E-state index is 13.2. The Labute approximate surface area is 179 Å². The number of rotatable bonds is 2. The normalized spacial score (nSPS) is 41.3. The van der Waals surface area contributed by atoms with E-state index in [9.17, 15) is 19.2 Å². The smallest absolute Gasteiger partial charge is 0.238 e. The number of fused-ring (bicyclic) bond motifs is 10. The van der Waals surface area contributed by atoms with E-state index in [4.69, 9.17) is 0 Å². The lowest BCUT2D eigenvalue weighted by Crippen LogP contribution is -2.35. The highest BCUT2D eigenvalue weighted by atomic mass is 16.2. The fourth-order valence-corrected chi connectivity index (χ4v) is 7.31. The van der Waals surface area contributed by atoms with E-state index in [1.807, 2.05) is 6.92 Å². The zero-order chi connectivity index (χ0) is 21.2. The zero-order valence-electron chi connectivity index (χ0n) is 17.1. The number of allylic oxidation sites excluding steroid dienone is 4. The summed E-state index contributed by atoms with van der Waals surface area (Å²) in [7, 11) is 0. The van der Waals surface area contributed by atoms with Crippen molar-refractivity contribution in [3.05, 3.63) is 48.1 Å². The quantitative estimate of drug-likeness (QED) is 0.551. The third kappa shape index (κ3) is 2.03. The van der Waals surface area contributed by atoms with Gasteiger partial charge in [-0.3, -0.25) is 19.2 Å². The Morgan fingerprint density at radius 2 is 0.903 bits per heavy atom. The summed E-state index contributed by atoms with van der Waals surface area (Å²) in [6, 6.07) is 5.27. The Balaban J connectivity index is 1.27. The third-order valence-electron chi connectivity index (χ3n) is 8.50. The number of hydrogen-bond acceptors (Lipinski definition) is 4. The number of anilines is 2. The summed E-state index contributed by atoms with van der Waals surface area (Å²) < 4.78 is 0. The van der Waals surface area contributed by atoms with Crippen LogP contribution in [-0.4, -0.2) is 23.6 Å². The summed E-state index contributed by atoms with van der Waals surface area (Å²) in [5, 5.41) is 0. The highest BCUT2D eigenvalue weighted by Crippen LogP contribution is 2.55. The van der Waals surface area contributed by atoms with Gasteiger partial charge in [-0.25, -0.2) is 9.80 Å². The van der Waals surface area contributed by atoms with Crippen LogP contribution in [0.3, 0.4) is 0 Å². The lowest BCUT2D eigenvalue weighted by Gasteiger charge is -2.22. The molecule has 6 nitrogen and oxygen atoms in total. The van der Waals surface area contributed by atoms with Gasteiger partial charge in [0.2, 0.25) is 23.6 Å². The fourth-order valence-electron chi connectivity index (χ4n) is 7.31. The lowest BCUT2D eigenvalue weighted by atomic mass is 9.85. The molecule has 7 rings (SSSR count). The summed E-state index contributed by atoms with van der Waals surface area (Å²) in [5.41, 5.74) is 1.75. The van der Waals surface area contributed by atoms with Crippen molar-refractivity contribution in [2.24, 2.45) is 47.3 Å². The van der Waals surface area contributed by atoms with Crippen LogP contribution < -0.4 is 9.80 Å². The van der Waals surface area contributed by atoms with E-state index < -0.39 is 0 Å². The number of aryl methyl sites for hydroxylation is 1. The van der Waals surface area contributed by atoms with Gasteiger partial charge in [-0.1, -0.05) is 24.3 Å². The monoisotopic (exact) mass is 414 g/mol. The molecule has 31 heavy (non-hydrogen) atoms. The van der Waals surface area contributed by atoms with E-state index in [2.05, 4.69) is 24.3 Å². The van der Waals surface area contributed by atoms with E-state index in [1.165, 1.54) is 9.80 Å². The van der Waals surface area contributed by atoms with Crippen molar-refractivity contribution in [3.8, 4) is 0 Å². The van der Waals surface area contributed by atoms with Crippen molar-refractivity contribution in [1.29, 1.82) is 0 Å². The molecule has 6 aliphatic rings. The molecule has 6 heteroatoms. The molecule has 0 aromatic heterocycles. The topological polar surface area (TPSA) is 74.8 Å². The molecule has 0 radical (unpaired) electrons. The minimum atomic E-state index is -0.275. The molecule has 2 saturated heterocycles. The molecule has 4 aliphatic carbocycles. The first-order chi connectivity index (χ1) is 14.9. The van der Waals surface area contributed by atoms with Gasteiger partial charge < -0.3 is 0 Å². The molecule has 156 valence electrons. The molecule has 2 saturated carbocycles. The molecule has 4 bridgehead atoms. The first-order valence-electron chi connectivity index (χ1n) is 11.2. The first kappa shape index (κ1) is 17.6. The highest BCUT2D eigenvalue weighted by Gasteiger charge is 2.61. The van der Waals surface area contributed by atoms with Crippen LogP contribution in [0.4, 0.5) is 11.4 Å². The predicted octanol–water partition coefficient (Wildman–Crippen LogP) is 2.62. The van der Waals surface area contributed by atoms with Gasteiger partial charge in [0.05, 0.1) is 35.0 Å². The Morgan fingerprint density at radius 3 is 1.23 bits per heavy atom. The van der Waals surface area contributed by atoms with Gasteiger partial charge in [-0.15, -0.1) is 0 Å². The second-order valence-electron chi connectivity index (χ2n) is 10.1. The largest absolute Gasteiger partial charge is 0.274 e. The van der Waals surface area contributed by atoms with Crippen molar-refractivity contribution < 1.29 is 19.2 Å². The van der Waals surface area contributed by atoms with Gasteiger partial charge in [-0.05, 0) is 67.2 Å². The molecule has 0 spiro atoms. The van der Waals surface area contributed by atoms with Crippen molar-refractivity contribution in [2.75, 3.05) is 9.80 Å². The first-order valence-corrected chi connectivity index (χ1v) is 11.2. The number of imide groups is 2. The van der Waals surface area contributed by atoms with E-state index in [-0.39, 0.29) is 71.0 Å². The van der Waals surface area contributed by atoms with Crippen LogP contribution in [-0.2, 0) is 19.2 Å². The van der Waals surface area contributed by atoms with Crippen LogP contribution >= 0.6 is 0 Å². The summed E-state index contributed by atoms with van der Waals surface area (Å²) in [4.78, 5) is 55.5. The average molecular weight is 414 g/mol. The van der Waals surface area contributed by atoms with Crippen molar-refractivity contribution >= 4 is 35.0 Å². The number of nitrogens with zero attached hydrogens (tertiary/aromatic N) is 2. The van der Waals surface area contributed by atoms with Gasteiger partial charge >= 0.3 is 0 Å². The number of carbonyl (C=O) groups is 4. The van der Waals surface area contributed by atoms with Crippen LogP contribution in [0.2, 0.25) is 0 Å². The van der Waals surface area contributed by atoms with Gasteiger partial charge in [0.25, 0.3) is 0 Å². The van der Waals surface area contributed by atoms with Gasteiger partial charge in [0, 0.05) is 0 Å². The summed E-state index contributed by atoms with van der Waals surface area (Å²) in [6.07, 6.45) is 10.1. The number of carbonyl (C=O) groups excluding carboxylic acids is 4. The van der Waals surface area contributed by atoms with Crippen LogP contribution in [0.5, 0.6) is 0 Å². The van der Waals surface area contributed by atoms with Crippen molar-refractivity contribution in [3.63, 3.8) is 0 Å². The fraction of sp³-hybridized carbons (Fsp3) is 0.440. The highest BCUT2D eigenvalue weighted by molar-refractivity contribution is 6.25. The average Bonchev–Trinajstić information content (AvgIpc) is 3.55. The second kappa shape index (κ2) is 5.61. The molecular formula is C25H22N2O4. The Morgan fingerprint density at radius 1 is 0.581 bits per heavy atom. The van der Waals surface area contributed by atoms with Gasteiger partial charge in [0.1, 0.15) is 0 Å². The van der Waals surface area contributed by atoms with Gasteiger partial charge in [-0.2, -0.15) is 0 Å². The van der Waals surface area contributed by atoms with E-state index in [0.717, 1.165) is 18.4 Å². The van der Waals surface area contributed by atoms with E-state index in [1.54, 1.807) is 18.2 Å². The van der Waals surface area contributed by atoms with Crippen LogP contribution in [0.1, 0.15) is 18.4 Å². The molecule has 4 amide bonds. The lowest BCUT2D eigenvalue weighted by molar-refractivity contribution is -0.124. The molecule has 0 N–H and O–H groups in total. The maximum Gasteiger partial charge on any atom is 0.238 e. The van der Waals surface area contributed by atoms with E-state index >= 15 is 0 Å². The molecular weight excluding hydrogens is 392 g/mol. The molecule has 1 aromatic carbocycles. The molecule has 8 atom stereocenters. The predicted molar refractivity (Wildman–Crippen MR) is 112 cm³/mol. The number of hydrogen-bond donors (Lipinski definition) is 0. The van der Waals surface area contributed by atoms with Crippen LogP contribution in [0.25, 0.3) is 0 Å². The Bertz CT molecular complexity index is 1020. The molecule has 1 aromatic rings. The van der Waals surface area contributed by atoms with Gasteiger partial charge in [0.15, 0.2) is 0 Å². The third-order valence-corrected chi connectivity index (χ3v) is 8.50. The summed E-state index contributed by atoms with van der Waals surface area (Å²) in [6.45, 7) is 1.86. The molecule has 4 fully saturated rings. The maximum atomic E-state index is 13.2. The minimum Gasteiger partial charge on any atom is -0.274 e. The number of amides is 4. The standard InChI is InChI=1S/C25H22N2O4/c1-11-6-16(26-22(28)18-12-2-3-13(8-12)19(18)23(26)29)10-17(7-11)27-24(30)20-14-4-5-15(9-14)21(20)25(27)31/h2-7,10,12-15,18-21H,8-9H2,1H3. The second-order valence-corrected chi connectivity index (χ2v) is 10.1.